The Labute approximate surface area is 124 Å². The quantitative estimate of drug-likeness (QED) is 0.856. The lowest BCUT2D eigenvalue weighted by Gasteiger charge is -2.15. The average Bonchev–Trinajstić information content (AvgIpc) is 2.99. The number of methoxy groups -OCH3 is 1. The fourth-order valence-corrected chi connectivity index (χ4v) is 2.02. The van der Waals surface area contributed by atoms with Gasteiger partial charge in [0.25, 0.3) is 0 Å². The minimum absolute atomic E-state index is 0.0461. The van der Waals surface area contributed by atoms with E-state index in [4.69, 9.17) is 9.15 Å². The van der Waals surface area contributed by atoms with Crippen molar-refractivity contribution in [2.24, 2.45) is 0 Å². The second-order valence-corrected chi connectivity index (χ2v) is 4.82. The lowest BCUT2D eigenvalue weighted by atomic mass is 10.1. The van der Waals surface area contributed by atoms with Gasteiger partial charge in [-0.2, -0.15) is 0 Å². The minimum atomic E-state index is -0.244. The summed E-state index contributed by atoms with van der Waals surface area (Å²) in [4.78, 5) is 12.0. The van der Waals surface area contributed by atoms with Crippen molar-refractivity contribution in [1.29, 1.82) is 0 Å². The van der Waals surface area contributed by atoms with Crippen LogP contribution in [0.2, 0.25) is 0 Å². The van der Waals surface area contributed by atoms with Gasteiger partial charge in [0, 0.05) is 12.5 Å². The van der Waals surface area contributed by atoms with Gasteiger partial charge in [0.2, 0.25) is 0 Å². The van der Waals surface area contributed by atoms with Gasteiger partial charge in [-0.3, -0.25) is 0 Å². The van der Waals surface area contributed by atoms with Crippen LogP contribution in [0.3, 0.4) is 0 Å². The Kier molecular flexibility index (Phi) is 5.26. The normalized spacial score (nSPS) is 11.7. The first kappa shape index (κ1) is 15.0. The van der Waals surface area contributed by atoms with E-state index in [-0.39, 0.29) is 12.1 Å². The third-order valence-electron chi connectivity index (χ3n) is 3.14. The van der Waals surface area contributed by atoms with Gasteiger partial charge in [0.1, 0.15) is 11.5 Å². The Balaban J connectivity index is 1.80. The van der Waals surface area contributed by atoms with Crippen molar-refractivity contribution < 1.29 is 13.9 Å². The molecule has 0 bridgehead atoms. The number of aryl methyl sites for hydroxylation is 1. The summed E-state index contributed by atoms with van der Waals surface area (Å²) in [6, 6.07) is 10.9. The summed E-state index contributed by atoms with van der Waals surface area (Å²) < 4.78 is 10.5. The van der Waals surface area contributed by atoms with Crippen molar-refractivity contribution in [2.45, 2.75) is 25.8 Å². The van der Waals surface area contributed by atoms with Crippen molar-refractivity contribution in [3.8, 4) is 5.75 Å². The summed E-state index contributed by atoms with van der Waals surface area (Å²) in [6.45, 7) is 1.96. The summed E-state index contributed by atoms with van der Waals surface area (Å²) >= 11 is 0. The van der Waals surface area contributed by atoms with Crippen molar-refractivity contribution >= 4 is 11.7 Å². The highest BCUT2D eigenvalue weighted by molar-refractivity contribution is 5.91. The summed E-state index contributed by atoms with van der Waals surface area (Å²) in [5.74, 6) is 1.56. The Morgan fingerprint density at radius 2 is 2.10 bits per heavy atom. The molecule has 5 heteroatoms. The molecule has 1 atom stereocenters. The molecule has 0 aliphatic carbocycles. The van der Waals surface area contributed by atoms with E-state index in [0.717, 1.165) is 18.6 Å². The number of amides is 2. The molecular formula is C16H20N2O3. The lowest BCUT2D eigenvalue weighted by Crippen LogP contribution is -2.36. The molecule has 0 aliphatic heterocycles. The van der Waals surface area contributed by atoms with E-state index in [2.05, 4.69) is 10.6 Å². The molecule has 2 N–H and O–H groups in total. The van der Waals surface area contributed by atoms with Crippen LogP contribution in [-0.4, -0.2) is 19.2 Å². The van der Waals surface area contributed by atoms with Crippen molar-refractivity contribution in [2.75, 3.05) is 12.4 Å². The number of carbonyl (C=O) groups excluding carboxylic acids is 1. The smallest absolute Gasteiger partial charge is 0.319 e. The lowest BCUT2D eigenvalue weighted by molar-refractivity contribution is 0.248. The molecule has 2 aromatic rings. The molecular weight excluding hydrogens is 268 g/mol. The Morgan fingerprint density at radius 1 is 1.29 bits per heavy atom. The van der Waals surface area contributed by atoms with Crippen LogP contribution in [0.5, 0.6) is 5.75 Å². The molecule has 0 saturated heterocycles. The number of urea groups is 1. The maximum atomic E-state index is 12.0. The van der Waals surface area contributed by atoms with Crippen LogP contribution in [0.25, 0.3) is 0 Å². The Hall–Kier alpha value is -2.43. The Morgan fingerprint density at radius 3 is 2.81 bits per heavy atom. The number of benzene rings is 1. The van der Waals surface area contributed by atoms with Crippen LogP contribution < -0.4 is 15.4 Å². The van der Waals surface area contributed by atoms with Crippen molar-refractivity contribution in [1.82, 2.24) is 5.32 Å². The second-order valence-electron chi connectivity index (χ2n) is 4.82. The summed E-state index contributed by atoms with van der Waals surface area (Å²) in [7, 11) is 1.57. The van der Waals surface area contributed by atoms with Gasteiger partial charge in [0.15, 0.2) is 0 Å². The molecule has 112 valence electrons. The van der Waals surface area contributed by atoms with Gasteiger partial charge < -0.3 is 19.8 Å². The standard InChI is InChI=1S/C16H20N2O3/c1-12(9-10-13-6-5-11-21-13)17-16(19)18-14-7-3-4-8-15(14)20-2/h3-8,11-12H,9-10H2,1-2H3,(H2,17,18,19). The molecule has 0 saturated carbocycles. The topological polar surface area (TPSA) is 63.5 Å². The SMILES string of the molecule is COc1ccccc1NC(=O)NC(C)CCc1ccco1. The molecule has 21 heavy (non-hydrogen) atoms. The van der Waals surface area contributed by atoms with Crippen LogP contribution in [-0.2, 0) is 6.42 Å². The monoisotopic (exact) mass is 288 g/mol. The number of ether oxygens (including phenoxy) is 1. The number of carbonyl (C=O) groups is 1. The highest BCUT2D eigenvalue weighted by Crippen LogP contribution is 2.22. The van der Waals surface area contributed by atoms with E-state index in [9.17, 15) is 4.79 Å². The number of hydrogen-bond acceptors (Lipinski definition) is 3. The van der Waals surface area contributed by atoms with E-state index in [1.807, 2.05) is 31.2 Å². The van der Waals surface area contributed by atoms with E-state index in [0.29, 0.717) is 11.4 Å². The van der Waals surface area contributed by atoms with Crippen LogP contribution in [0, 0.1) is 0 Å². The molecule has 1 heterocycles. The van der Waals surface area contributed by atoms with Crippen LogP contribution in [0.1, 0.15) is 19.1 Å². The third-order valence-corrected chi connectivity index (χ3v) is 3.14. The van der Waals surface area contributed by atoms with E-state index in [1.54, 1.807) is 25.5 Å². The first-order valence-corrected chi connectivity index (χ1v) is 6.92. The minimum Gasteiger partial charge on any atom is -0.495 e. The molecule has 1 unspecified atom stereocenters. The number of anilines is 1. The second kappa shape index (κ2) is 7.38. The van der Waals surface area contributed by atoms with Gasteiger partial charge in [0.05, 0.1) is 19.1 Å². The van der Waals surface area contributed by atoms with Crippen molar-refractivity contribution in [3.05, 3.63) is 48.4 Å². The maximum Gasteiger partial charge on any atom is 0.319 e. The molecule has 5 nitrogen and oxygen atoms in total. The molecule has 2 rings (SSSR count). The molecule has 0 radical (unpaired) electrons. The van der Waals surface area contributed by atoms with Crippen LogP contribution >= 0.6 is 0 Å². The first-order chi connectivity index (χ1) is 10.2. The zero-order chi connectivity index (χ0) is 15.1. The number of furan rings is 1. The van der Waals surface area contributed by atoms with Gasteiger partial charge >= 0.3 is 6.03 Å². The average molecular weight is 288 g/mol. The zero-order valence-electron chi connectivity index (χ0n) is 12.3. The number of nitrogens with one attached hydrogen (secondary N) is 2. The molecule has 2 amide bonds. The van der Waals surface area contributed by atoms with Gasteiger partial charge in [-0.25, -0.2) is 4.79 Å². The molecule has 0 fully saturated rings. The third kappa shape index (κ3) is 4.56. The van der Waals surface area contributed by atoms with E-state index < -0.39 is 0 Å². The number of rotatable bonds is 6. The summed E-state index contributed by atoms with van der Waals surface area (Å²) in [5.41, 5.74) is 0.649. The number of hydrogen-bond donors (Lipinski definition) is 2. The van der Waals surface area contributed by atoms with Gasteiger partial charge in [-0.1, -0.05) is 12.1 Å². The molecule has 1 aromatic heterocycles. The fourth-order valence-electron chi connectivity index (χ4n) is 2.02. The maximum absolute atomic E-state index is 12.0. The van der Waals surface area contributed by atoms with Crippen LogP contribution in [0.15, 0.2) is 47.1 Å². The molecule has 0 aliphatic rings. The van der Waals surface area contributed by atoms with E-state index in [1.165, 1.54) is 0 Å². The fraction of sp³-hybridized carbons (Fsp3) is 0.312. The zero-order valence-corrected chi connectivity index (χ0v) is 12.3. The highest BCUT2D eigenvalue weighted by atomic mass is 16.5. The number of para-hydroxylation sites is 2. The summed E-state index contributed by atoms with van der Waals surface area (Å²) in [5, 5.41) is 5.68. The van der Waals surface area contributed by atoms with Gasteiger partial charge in [-0.15, -0.1) is 0 Å². The van der Waals surface area contributed by atoms with Gasteiger partial charge in [-0.05, 0) is 37.6 Å². The van der Waals surface area contributed by atoms with E-state index >= 15 is 0 Å². The first-order valence-electron chi connectivity index (χ1n) is 6.92. The highest BCUT2D eigenvalue weighted by Gasteiger charge is 2.10. The molecule has 1 aromatic carbocycles. The van der Waals surface area contributed by atoms with Crippen molar-refractivity contribution in [3.63, 3.8) is 0 Å². The van der Waals surface area contributed by atoms with Crippen LogP contribution in [0.4, 0.5) is 10.5 Å². The Bertz CT molecular complexity index is 567. The predicted octanol–water partition coefficient (Wildman–Crippen LogP) is 3.43. The molecule has 0 spiro atoms. The largest absolute Gasteiger partial charge is 0.495 e. The summed E-state index contributed by atoms with van der Waals surface area (Å²) in [6.07, 6.45) is 3.26. The predicted molar refractivity (Wildman–Crippen MR) is 81.6 cm³/mol.